The maximum atomic E-state index is 11.7. The predicted octanol–water partition coefficient (Wildman–Crippen LogP) is 1.60. The van der Waals surface area contributed by atoms with Crippen LogP contribution in [0.25, 0.3) is 0 Å². The summed E-state index contributed by atoms with van der Waals surface area (Å²) in [7, 11) is 0. The lowest BCUT2D eigenvalue weighted by Gasteiger charge is -2.62. The molecule has 25 heavy (non-hydrogen) atoms. The highest BCUT2D eigenvalue weighted by Gasteiger charge is 2.72. The van der Waals surface area contributed by atoms with Gasteiger partial charge in [0, 0.05) is 0 Å². The first-order valence-electron chi connectivity index (χ1n) is 8.00. The van der Waals surface area contributed by atoms with E-state index in [0.29, 0.717) is 0 Å². The Balaban J connectivity index is 1.77. The zero-order valence-electron chi connectivity index (χ0n) is 13.6. The normalized spacial score (nSPS) is 28.8. The van der Waals surface area contributed by atoms with Crippen molar-refractivity contribution in [3.05, 3.63) is 71.8 Å². The predicted molar refractivity (Wildman–Crippen MR) is 87.0 cm³/mol. The third-order valence-electron chi connectivity index (χ3n) is 4.92. The van der Waals surface area contributed by atoms with Crippen molar-refractivity contribution >= 4 is 11.9 Å². The minimum atomic E-state index is -1.85. The first kappa shape index (κ1) is 15.8. The van der Waals surface area contributed by atoms with E-state index in [4.69, 9.17) is 9.47 Å². The van der Waals surface area contributed by atoms with Gasteiger partial charge in [-0.2, -0.15) is 0 Å². The summed E-state index contributed by atoms with van der Waals surface area (Å²) in [5, 5.41) is 10.6. The summed E-state index contributed by atoms with van der Waals surface area (Å²) >= 11 is 0. The van der Waals surface area contributed by atoms with Gasteiger partial charge in [0.2, 0.25) is 5.72 Å². The lowest BCUT2D eigenvalue weighted by Crippen LogP contribution is -2.83. The van der Waals surface area contributed by atoms with Gasteiger partial charge in [-0.15, -0.1) is 0 Å². The molecule has 2 aromatic carbocycles. The summed E-state index contributed by atoms with van der Waals surface area (Å²) < 4.78 is 10.2. The molecule has 6 heteroatoms. The zero-order chi connectivity index (χ0) is 17.7. The van der Waals surface area contributed by atoms with Gasteiger partial charge >= 0.3 is 11.9 Å². The molecule has 2 aliphatic rings. The van der Waals surface area contributed by atoms with Crippen LogP contribution in [-0.4, -0.2) is 40.0 Å². The van der Waals surface area contributed by atoms with Crippen LogP contribution in [0, 0.1) is 0 Å². The van der Waals surface area contributed by atoms with Gasteiger partial charge in [0.1, 0.15) is 0 Å². The molecule has 2 saturated heterocycles. The van der Waals surface area contributed by atoms with Crippen LogP contribution in [0.3, 0.4) is 0 Å². The number of rotatable bonds is 3. The lowest BCUT2D eigenvalue weighted by molar-refractivity contribution is -0.413. The molecule has 2 aromatic rings. The topological polar surface area (TPSA) is 76.1 Å². The van der Waals surface area contributed by atoms with Gasteiger partial charge in [0.05, 0.1) is 12.6 Å². The first-order valence-corrected chi connectivity index (χ1v) is 8.00. The Bertz CT molecular complexity index is 785. The SMILES string of the molecule is CC12OC(=O)C(=O)OC1(O)CN2C(c1ccccc1)c1ccccc1. The Labute approximate surface area is 144 Å². The molecule has 0 amide bonds. The number of carbonyl (C=O) groups excluding carboxylic acids is 2. The molecule has 2 aliphatic heterocycles. The number of likely N-dealkylation sites (tertiary alicyclic amines) is 1. The molecule has 0 aromatic heterocycles. The van der Waals surface area contributed by atoms with Crippen LogP contribution < -0.4 is 0 Å². The van der Waals surface area contributed by atoms with Crippen LogP contribution in [0.15, 0.2) is 60.7 Å². The third kappa shape index (κ3) is 2.26. The molecule has 128 valence electrons. The molecule has 4 rings (SSSR count). The summed E-state index contributed by atoms with van der Waals surface area (Å²) in [6.45, 7) is 1.59. The number of hydrogen-bond acceptors (Lipinski definition) is 6. The number of β-amino-alcohol motifs (C(OH)–C–C–N with tert-alkyl or cyclic N) is 1. The van der Waals surface area contributed by atoms with Gasteiger partial charge in [-0.25, -0.2) is 14.5 Å². The summed E-state index contributed by atoms with van der Waals surface area (Å²) in [4.78, 5) is 25.0. The van der Waals surface area contributed by atoms with E-state index in [9.17, 15) is 14.7 Å². The summed E-state index contributed by atoms with van der Waals surface area (Å²) in [6, 6.07) is 19.1. The van der Waals surface area contributed by atoms with Gasteiger partial charge in [0.25, 0.3) is 5.79 Å². The van der Waals surface area contributed by atoms with Gasteiger partial charge in [-0.05, 0) is 18.1 Å². The van der Waals surface area contributed by atoms with E-state index in [0.717, 1.165) is 11.1 Å². The Kier molecular flexibility index (Phi) is 3.42. The molecule has 0 aliphatic carbocycles. The number of ether oxygens (including phenoxy) is 2. The van der Waals surface area contributed by atoms with Crippen LogP contribution in [0.1, 0.15) is 24.1 Å². The fourth-order valence-corrected chi connectivity index (χ4v) is 3.50. The fourth-order valence-electron chi connectivity index (χ4n) is 3.50. The number of benzene rings is 2. The Morgan fingerprint density at radius 1 is 0.920 bits per heavy atom. The molecule has 0 saturated carbocycles. The lowest BCUT2D eigenvalue weighted by atomic mass is 9.84. The summed E-state index contributed by atoms with van der Waals surface area (Å²) in [5.41, 5.74) is 0.504. The van der Waals surface area contributed by atoms with E-state index >= 15 is 0 Å². The van der Waals surface area contributed by atoms with E-state index in [-0.39, 0.29) is 12.6 Å². The van der Waals surface area contributed by atoms with Crippen LogP contribution in [-0.2, 0) is 19.1 Å². The highest BCUT2D eigenvalue weighted by Crippen LogP contribution is 2.50. The number of esters is 2. The van der Waals surface area contributed by atoms with E-state index in [1.165, 1.54) is 0 Å². The number of aliphatic hydroxyl groups is 1. The second-order valence-corrected chi connectivity index (χ2v) is 6.40. The number of carbonyl (C=O) groups is 2. The van der Waals surface area contributed by atoms with Crippen LogP contribution in [0.2, 0.25) is 0 Å². The van der Waals surface area contributed by atoms with Crippen molar-refractivity contribution in [2.24, 2.45) is 0 Å². The molecule has 2 fully saturated rings. The fraction of sp³-hybridized carbons (Fsp3) is 0.263. The van der Waals surface area contributed by atoms with Gasteiger partial charge in [-0.3, -0.25) is 0 Å². The van der Waals surface area contributed by atoms with Crippen molar-refractivity contribution in [2.45, 2.75) is 24.5 Å². The minimum absolute atomic E-state index is 0.0387. The molecule has 1 N–H and O–H groups in total. The smallest absolute Gasteiger partial charge is 0.420 e. The monoisotopic (exact) mass is 339 g/mol. The molecular formula is C19H17NO5. The largest absolute Gasteiger partial charge is 0.428 e. The Hall–Kier alpha value is -2.70. The highest BCUT2D eigenvalue weighted by molar-refractivity contribution is 6.30. The standard InChI is InChI=1S/C19H17NO5/c1-18-19(23,25-17(22)16(21)24-18)12-20(18)15(13-8-4-2-5-9-13)14-10-6-3-7-11-14/h2-11,15,23H,12H2,1H3. The molecule has 2 heterocycles. The van der Waals surface area contributed by atoms with Crippen molar-refractivity contribution in [2.75, 3.05) is 6.54 Å². The van der Waals surface area contributed by atoms with Crippen molar-refractivity contribution in [1.82, 2.24) is 4.90 Å². The van der Waals surface area contributed by atoms with Crippen molar-refractivity contribution < 1.29 is 24.2 Å². The van der Waals surface area contributed by atoms with Crippen molar-refractivity contribution in [3.8, 4) is 0 Å². The first-order chi connectivity index (χ1) is 11.9. The number of hydrogen-bond donors (Lipinski definition) is 1. The van der Waals surface area contributed by atoms with E-state index in [1.807, 2.05) is 65.6 Å². The molecule has 0 radical (unpaired) electrons. The molecule has 0 bridgehead atoms. The molecule has 6 nitrogen and oxygen atoms in total. The van der Waals surface area contributed by atoms with E-state index in [1.54, 1.807) is 6.92 Å². The van der Waals surface area contributed by atoms with Crippen LogP contribution in [0.5, 0.6) is 0 Å². The zero-order valence-corrected chi connectivity index (χ0v) is 13.6. The van der Waals surface area contributed by atoms with Gasteiger partial charge in [0.15, 0.2) is 0 Å². The van der Waals surface area contributed by atoms with Gasteiger partial charge < -0.3 is 14.6 Å². The number of fused-ring (bicyclic) bond motifs is 1. The van der Waals surface area contributed by atoms with Crippen LogP contribution >= 0.6 is 0 Å². The second kappa shape index (κ2) is 5.40. The second-order valence-electron chi connectivity index (χ2n) is 6.40. The maximum Gasteiger partial charge on any atom is 0.420 e. The molecule has 2 unspecified atom stereocenters. The minimum Gasteiger partial charge on any atom is -0.428 e. The third-order valence-corrected chi connectivity index (χ3v) is 4.92. The average Bonchev–Trinajstić information content (AvgIpc) is 2.62. The van der Waals surface area contributed by atoms with Crippen molar-refractivity contribution in [1.29, 1.82) is 0 Å². The summed E-state index contributed by atoms with van der Waals surface area (Å²) in [5.74, 6) is -4.12. The molecular weight excluding hydrogens is 322 g/mol. The quantitative estimate of drug-likeness (QED) is 0.676. The Morgan fingerprint density at radius 2 is 1.40 bits per heavy atom. The van der Waals surface area contributed by atoms with Gasteiger partial charge in [-0.1, -0.05) is 60.7 Å². The van der Waals surface area contributed by atoms with E-state index in [2.05, 4.69) is 0 Å². The molecule has 0 spiro atoms. The maximum absolute atomic E-state index is 11.7. The van der Waals surface area contributed by atoms with Crippen molar-refractivity contribution in [3.63, 3.8) is 0 Å². The Morgan fingerprint density at radius 3 is 1.92 bits per heavy atom. The summed E-state index contributed by atoms with van der Waals surface area (Å²) in [6.07, 6.45) is 0. The highest BCUT2D eigenvalue weighted by atomic mass is 16.7. The van der Waals surface area contributed by atoms with Crippen LogP contribution in [0.4, 0.5) is 0 Å². The molecule has 2 atom stereocenters. The van der Waals surface area contributed by atoms with E-state index < -0.39 is 23.5 Å². The average molecular weight is 339 g/mol. The number of nitrogens with zero attached hydrogens (tertiary/aromatic N) is 1.